The number of nitrogens with zero attached hydrogens (tertiary/aromatic N) is 1. The zero-order chi connectivity index (χ0) is 16.2. The van der Waals surface area contributed by atoms with Gasteiger partial charge in [0.2, 0.25) is 0 Å². The van der Waals surface area contributed by atoms with Crippen molar-refractivity contribution in [2.75, 3.05) is 5.32 Å². The van der Waals surface area contributed by atoms with Gasteiger partial charge in [0, 0.05) is 11.3 Å². The lowest BCUT2D eigenvalue weighted by molar-refractivity contribution is 1.45. The summed E-state index contributed by atoms with van der Waals surface area (Å²) in [6.45, 7) is 2.04. The van der Waals surface area contributed by atoms with Crippen LogP contribution in [0.1, 0.15) is 11.1 Å². The fraction of sp³-hybridized carbons (Fsp3) is 0.0526. The Kier molecular flexibility index (Phi) is 4.52. The van der Waals surface area contributed by atoms with Crippen LogP contribution in [0.15, 0.2) is 60.7 Å². The Morgan fingerprint density at radius 2 is 1.74 bits per heavy atom. The van der Waals surface area contributed by atoms with E-state index in [-0.39, 0.29) is 0 Å². The van der Waals surface area contributed by atoms with E-state index in [2.05, 4.69) is 11.4 Å². The summed E-state index contributed by atoms with van der Waals surface area (Å²) in [4.78, 5) is 0. The summed E-state index contributed by atoms with van der Waals surface area (Å²) in [7, 11) is 0. The van der Waals surface area contributed by atoms with E-state index in [1.807, 2.05) is 67.6 Å². The van der Waals surface area contributed by atoms with Crippen molar-refractivity contribution in [1.82, 2.24) is 0 Å². The van der Waals surface area contributed by atoms with Crippen LogP contribution in [-0.2, 0) is 0 Å². The Hall–Kier alpha value is -2.48. The van der Waals surface area contributed by atoms with E-state index in [0.717, 1.165) is 25.6 Å². The van der Waals surface area contributed by atoms with Crippen LogP contribution in [0, 0.1) is 22.1 Å². The van der Waals surface area contributed by atoms with Crippen molar-refractivity contribution in [1.29, 1.82) is 5.26 Å². The summed E-state index contributed by atoms with van der Waals surface area (Å²) in [5.41, 5.74) is 4.71. The molecule has 0 radical (unpaired) electrons. The molecule has 0 unspecified atom stereocenters. The molecule has 4 heteroatoms. The molecule has 0 fully saturated rings. The SMILES string of the molecule is Cc1ccc(Nc2sc(=S)c(-c3ccccc3)cc2C#N)cc1. The molecule has 0 amide bonds. The van der Waals surface area contributed by atoms with Crippen LogP contribution in [0.4, 0.5) is 10.7 Å². The number of nitrogens with one attached hydrogen (secondary N) is 1. The van der Waals surface area contributed by atoms with Crippen molar-refractivity contribution >= 4 is 34.2 Å². The van der Waals surface area contributed by atoms with Gasteiger partial charge in [-0.05, 0) is 30.7 Å². The average molecular weight is 334 g/mol. The van der Waals surface area contributed by atoms with E-state index in [4.69, 9.17) is 12.2 Å². The van der Waals surface area contributed by atoms with Gasteiger partial charge in [0.25, 0.3) is 0 Å². The molecule has 1 N–H and O–H groups in total. The van der Waals surface area contributed by atoms with E-state index in [1.165, 1.54) is 16.9 Å². The highest BCUT2D eigenvalue weighted by molar-refractivity contribution is 7.73. The van der Waals surface area contributed by atoms with Crippen LogP contribution < -0.4 is 5.32 Å². The lowest BCUT2D eigenvalue weighted by atomic mass is 10.1. The van der Waals surface area contributed by atoms with Crippen LogP contribution in [0.2, 0.25) is 0 Å². The third kappa shape index (κ3) is 3.48. The van der Waals surface area contributed by atoms with Crippen LogP contribution >= 0.6 is 23.6 Å². The fourth-order valence-corrected chi connectivity index (χ4v) is 3.52. The van der Waals surface area contributed by atoms with Gasteiger partial charge < -0.3 is 5.32 Å². The monoisotopic (exact) mass is 334 g/mol. The van der Waals surface area contributed by atoms with Crippen LogP contribution in [0.3, 0.4) is 0 Å². The number of hydrogen-bond donors (Lipinski definition) is 1. The van der Waals surface area contributed by atoms with E-state index < -0.39 is 0 Å². The number of anilines is 2. The van der Waals surface area contributed by atoms with E-state index >= 15 is 0 Å². The molecule has 0 saturated heterocycles. The summed E-state index contributed by atoms with van der Waals surface area (Å²) in [5, 5.41) is 13.6. The number of benzene rings is 2. The molecule has 1 heterocycles. The first kappa shape index (κ1) is 15.4. The zero-order valence-electron chi connectivity index (χ0n) is 12.5. The van der Waals surface area contributed by atoms with Gasteiger partial charge in [-0.1, -0.05) is 60.2 Å². The van der Waals surface area contributed by atoms with Gasteiger partial charge in [-0.3, -0.25) is 0 Å². The number of nitriles is 1. The molecule has 0 aliphatic rings. The number of aryl methyl sites for hydroxylation is 1. The lowest BCUT2D eigenvalue weighted by Crippen LogP contribution is -1.93. The summed E-state index contributed by atoms with van der Waals surface area (Å²) in [6, 6.07) is 22.1. The molecule has 112 valence electrons. The Balaban J connectivity index is 2.03. The number of rotatable bonds is 3. The molecule has 0 aliphatic carbocycles. The van der Waals surface area contributed by atoms with Crippen LogP contribution in [0.5, 0.6) is 0 Å². The van der Waals surface area contributed by atoms with Gasteiger partial charge in [0.15, 0.2) is 0 Å². The smallest absolute Gasteiger partial charge is 0.112 e. The van der Waals surface area contributed by atoms with Gasteiger partial charge in [-0.25, -0.2) is 0 Å². The maximum atomic E-state index is 9.49. The van der Waals surface area contributed by atoms with Crippen molar-refractivity contribution in [2.24, 2.45) is 0 Å². The van der Waals surface area contributed by atoms with Gasteiger partial charge in [-0.15, -0.1) is 11.3 Å². The summed E-state index contributed by atoms with van der Waals surface area (Å²) >= 11 is 6.97. The number of hydrogen-bond acceptors (Lipinski definition) is 4. The normalized spacial score (nSPS) is 10.1. The van der Waals surface area contributed by atoms with Crippen molar-refractivity contribution in [3.8, 4) is 17.2 Å². The Labute approximate surface area is 144 Å². The molecule has 3 aromatic rings. The van der Waals surface area contributed by atoms with E-state index in [9.17, 15) is 5.26 Å². The molecule has 3 rings (SSSR count). The van der Waals surface area contributed by atoms with E-state index in [1.54, 1.807) is 0 Å². The van der Waals surface area contributed by atoms with Crippen molar-refractivity contribution in [2.45, 2.75) is 6.92 Å². The minimum Gasteiger partial charge on any atom is -0.346 e. The third-order valence-corrected chi connectivity index (χ3v) is 4.86. The first-order valence-electron chi connectivity index (χ1n) is 7.15. The molecule has 2 nitrogen and oxygen atoms in total. The largest absolute Gasteiger partial charge is 0.346 e. The molecule has 2 aromatic carbocycles. The Morgan fingerprint density at radius 3 is 2.39 bits per heavy atom. The summed E-state index contributed by atoms with van der Waals surface area (Å²) < 4.78 is 0.768. The molecule has 0 aliphatic heterocycles. The minimum atomic E-state index is 0.600. The first-order chi connectivity index (χ1) is 11.2. The molecular weight excluding hydrogens is 320 g/mol. The molecular formula is C19H14N2S2. The zero-order valence-corrected chi connectivity index (χ0v) is 14.2. The molecule has 0 spiro atoms. The van der Waals surface area contributed by atoms with Crippen molar-refractivity contribution in [3.05, 3.63) is 75.6 Å². The maximum Gasteiger partial charge on any atom is 0.112 e. The summed E-state index contributed by atoms with van der Waals surface area (Å²) in [5.74, 6) is 0. The van der Waals surface area contributed by atoms with Gasteiger partial charge in [0.05, 0.1) is 9.39 Å². The predicted molar refractivity (Wildman–Crippen MR) is 99.8 cm³/mol. The summed E-state index contributed by atoms with van der Waals surface area (Å²) in [6.07, 6.45) is 0. The second-order valence-electron chi connectivity index (χ2n) is 5.16. The molecule has 23 heavy (non-hydrogen) atoms. The second-order valence-corrected chi connectivity index (χ2v) is 6.85. The first-order valence-corrected chi connectivity index (χ1v) is 8.37. The third-order valence-electron chi connectivity index (χ3n) is 3.46. The van der Waals surface area contributed by atoms with Crippen molar-refractivity contribution in [3.63, 3.8) is 0 Å². The fourth-order valence-electron chi connectivity index (χ4n) is 2.23. The van der Waals surface area contributed by atoms with Crippen molar-refractivity contribution < 1.29 is 0 Å². The lowest BCUT2D eigenvalue weighted by Gasteiger charge is -2.10. The average Bonchev–Trinajstić information content (AvgIpc) is 2.58. The highest BCUT2D eigenvalue weighted by Crippen LogP contribution is 2.32. The second kappa shape index (κ2) is 6.74. The van der Waals surface area contributed by atoms with E-state index in [0.29, 0.717) is 5.56 Å². The van der Waals surface area contributed by atoms with Gasteiger partial charge >= 0.3 is 0 Å². The maximum absolute atomic E-state index is 9.49. The molecule has 0 atom stereocenters. The standard InChI is InChI=1S/C19H14N2S2/c1-13-7-9-16(10-8-13)21-18-15(12-20)11-17(19(22)23-18)14-5-3-2-4-6-14/h2-11,21H,1H3. The quantitative estimate of drug-likeness (QED) is 0.591. The van der Waals surface area contributed by atoms with Gasteiger partial charge in [0.1, 0.15) is 11.1 Å². The molecule has 0 saturated carbocycles. The minimum absolute atomic E-state index is 0.600. The topological polar surface area (TPSA) is 35.8 Å². The molecule has 0 bridgehead atoms. The highest BCUT2D eigenvalue weighted by atomic mass is 32.1. The van der Waals surface area contributed by atoms with Crippen LogP contribution in [0.25, 0.3) is 11.1 Å². The van der Waals surface area contributed by atoms with Gasteiger partial charge in [-0.2, -0.15) is 5.26 Å². The Morgan fingerprint density at radius 1 is 1.04 bits per heavy atom. The molecule has 1 aromatic heterocycles. The Bertz CT molecular complexity index is 920. The highest BCUT2D eigenvalue weighted by Gasteiger charge is 2.09. The van der Waals surface area contributed by atoms with Crippen LogP contribution in [-0.4, -0.2) is 0 Å². The predicted octanol–water partition coefficient (Wildman–Crippen LogP) is 6.07.